The first-order chi connectivity index (χ1) is 10.8. The van der Waals surface area contributed by atoms with Crippen molar-refractivity contribution in [1.82, 2.24) is 9.88 Å². The van der Waals surface area contributed by atoms with Crippen molar-refractivity contribution < 1.29 is 4.79 Å². The lowest BCUT2D eigenvalue weighted by molar-refractivity contribution is -0.127. The second-order valence-electron chi connectivity index (χ2n) is 5.59. The molecule has 0 bridgehead atoms. The Hall–Kier alpha value is -2.59. The fraction of sp³-hybridized carbons (Fsp3) is 0.375. The van der Waals surface area contributed by atoms with Gasteiger partial charge in [-0.25, -0.2) is 0 Å². The largest absolute Gasteiger partial charge is 0.342 e. The lowest BCUT2D eigenvalue weighted by Gasteiger charge is -2.16. The summed E-state index contributed by atoms with van der Waals surface area (Å²) < 4.78 is 0. The minimum absolute atomic E-state index is 0.145. The Morgan fingerprint density at radius 1 is 1.36 bits per heavy atom. The van der Waals surface area contributed by atoms with Crippen molar-refractivity contribution in [3.8, 4) is 0 Å². The highest BCUT2D eigenvalue weighted by Gasteiger charge is 2.28. The summed E-state index contributed by atoms with van der Waals surface area (Å²) >= 11 is 0. The molecule has 0 radical (unpaired) electrons. The van der Waals surface area contributed by atoms with Crippen LogP contribution in [0.25, 0.3) is 21.2 Å². The summed E-state index contributed by atoms with van der Waals surface area (Å²) in [7, 11) is 0. The fourth-order valence-corrected chi connectivity index (χ4v) is 2.98. The van der Waals surface area contributed by atoms with Gasteiger partial charge in [0.25, 0.3) is 0 Å². The van der Waals surface area contributed by atoms with Crippen molar-refractivity contribution in [1.29, 1.82) is 0 Å². The van der Waals surface area contributed by atoms with Gasteiger partial charge in [0, 0.05) is 48.7 Å². The van der Waals surface area contributed by atoms with Gasteiger partial charge < -0.3 is 4.90 Å². The van der Waals surface area contributed by atoms with Crippen LogP contribution in [0.4, 0.5) is 0 Å². The Balaban J connectivity index is 1.67. The number of carbonyl (C=O) groups is 1. The lowest BCUT2D eigenvalue weighted by Crippen LogP contribution is -2.27. The zero-order chi connectivity index (χ0) is 15.4. The highest BCUT2D eigenvalue weighted by Crippen LogP contribution is 2.21. The van der Waals surface area contributed by atoms with Gasteiger partial charge >= 0.3 is 0 Å². The molecule has 3 rings (SSSR count). The first-order valence-corrected chi connectivity index (χ1v) is 7.38. The molecule has 1 fully saturated rings. The zero-order valence-corrected chi connectivity index (χ0v) is 12.2. The van der Waals surface area contributed by atoms with Crippen molar-refractivity contribution in [3.05, 3.63) is 52.7 Å². The zero-order valence-electron chi connectivity index (χ0n) is 12.2. The maximum Gasteiger partial charge on any atom is 0.222 e. The molecule has 6 heteroatoms. The van der Waals surface area contributed by atoms with Gasteiger partial charge in [0.15, 0.2) is 0 Å². The topological polar surface area (TPSA) is 82.0 Å². The summed E-state index contributed by atoms with van der Waals surface area (Å²) in [6, 6.07) is 8.15. The Bertz CT molecular complexity index is 733. The van der Waals surface area contributed by atoms with Crippen molar-refractivity contribution in [3.63, 3.8) is 0 Å². The predicted octanol–water partition coefficient (Wildman–Crippen LogP) is 2.94. The number of hydrogen-bond acceptors (Lipinski definition) is 3. The van der Waals surface area contributed by atoms with Gasteiger partial charge in [0.2, 0.25) is 5.91 Å². The smallest absolute Gasteiger partial charge is 0.222 e. The SMILES string of the molecule is [N-]=[N+]=NCC1CC(=O)N(CCc2cncc3ccccc23)C1. The van der Waals surface area contributed by atoms with Crippen LogP contribution in [0.15, 0.2) is 41.8 Å². The van der Waals surface area contributed by atoms with Crippen LogP contribution in [0.1, 0.15) is 12.0 Å². The summed E-state index contributed by atoms with van der Waals surface area (Å²) in [5, 5.41) is 5.88. The molecule has 112 valence electrons. The number of hydrogen-bond donors (Lipinski definition) is 0. The first-order valence-electron chi connectivity index (χ1n) is 7.38. The molecule has 22 heavy (non-hydrogen) atoms. The maximum absolute atomic E-state index is 12.0. The average molecular weight is 295 g/mol. The third-order valence-electron chi connectivity index (χ3n) is 4.10. The van der Waals surface area contributed by atoms with Crippen molar-refractivity contribution in [2.75, 3.05) is 19.6 Å². The number of aromatic nitrogens is 1. The highest BCUT2D eigenvalue weighted by molar-refractivity contribution is 5.84. The van der Waals surface area contributed by atoms with Crippen molar-refractivity contribution in [2.45, 2.75) is 12.8 Å². The molecule has 0 saturated carbocycles. The van der Waals surface area contributed by atoms with Crippen LogP contribution < -0.4 is 0 Å². The van der Waals surface area contributed by atoms with Gasteiger partial charge in [-0.05, 0) is 28.8 Å². The molecule has 1 aliphatic rings. The van der Waals surface area contributed by atoms with Crippen LogP contribution in [-0.2, 0) is 11.2 Å². The normalized spacial score (nSPS) is 17.7. The van der Waals surface area contributed by atoms with E-state index in [0.717, 1.165) is 17.4 Å². The second kappa shape index (κ2) is 6.45. The van der Waals surface area contributed by atoms with Gasteiger partial charge in [-0.3, -0.25) is 9.78 Å². The molecule has 1 aromatic carbocycles. The minimum atomic E-state index is 0.145. The number of fused-ring (bicyclic) bond motifs is 1. The molecular formula is C16H17N5O. The standard InChI is InChI=1S/C16H17N5O/c17-20-19-8-12-7-16(22)21(11-12)6-5-14-10-18-9-13-3-1-2-4-15(13)14/h1-4,9-10,12H,5-8,11H2. The average Bonchev–Trinajstić information content (AvgIpc) is 2.91. The van der Waals surface area contributed by atoms with E-state index < -0.39 is 0 Å². The molecule has 0 N–H and O–H groups in total. The third kappa shape index (κ3) is 3.02. The van der Waals surface area contributed by atoms with E-state index in [2.05, 4.69) is 21.1 Å². The number of likely N-dealkylation sites (tertiary alicyclic amines) is 1. The quantitative estimate of drug-likeness (QED) is 0.482. The number of pyridine rings is 1. The Morgan fingerprint density at radius 2 is 2.23 bits per heavy atom. The molecule has 1 aromatic heterocycles. The van der Waals surface area contributed by atoms with Gasteiger partial charge in [-0.15, -0.1) is 0 Å². The molecule has 6 nitrogen and oxygen atoms in total. The van der Waals surface area contributed by atoms with Crippen LogP contribution in [-0.4, -0.2) is 35.4 Å². The van der Waals surface area contributed by atoms with E-state index in [1.165, 1.54) is 5.39 Å². The summed E-state index contributed by atoms with van der Waals surface area (Å²) in [5.74, 6) is 0.292. The van der Waals surface area contributed by atoms with Gasteiger partial charge in [0.1, 0.15) is 0 Å². The van der Waals surface area contributed by atoms with Crippen LogP contribution in [0.2, 0.25) is 0 Å². The Kier molecular flexibility index (Phi) is 4.21. The number of azide groups is 1. The first kappa shape index (κ1) is 14.4. The monoisotopic (exact) mass is 295 g/mol. The van der Waals surface area contributed by atoms with E-state index in [9.17, 15) is 4.79 Å². The predicted molar refractivity (Wildman–Crippen MR) is 84.1 cm³/mol. The van der Waals surface area contributed by atoms with Crippen molar-refractivity contribution in [2.24, 2.45) is 11.0 Å². The summed E-state index contributed by atoms with van der Waals surface area (Å²) in [6.45, 7) is 1.76. The van der Waals surface area contributed by atoms with E-state index in [-0.39, 0.29) is 11.8 Å². The van der Waals surface area contributed by atoms with E-state index in [1.54, 1.807) is 0 Å². The highest BCUT2D eigenvalue weighted by atomic mass is 16.2. The van der Waals surface area contributed by atoms with Gasteiger partial charge in [0.05, 0.1) is 0 Å². The fourth-order valence-electron chi connectivity index (χ4n) is 2.98. The molecule has 1 aliphatic heterocycles. The number of rotatable bonds is 5. The molecule has 1 amide bonds. The number of nitrogens with zero attached hydrogens (tertiary/aromatic N) is 5. The summed E-state index contributed by atoms with van der Waals surface area (Å²) in [4.78, 5) is 20.9. The summed E-state index contributed by atoms with van der Waals surface area (Å²) in [6.07, 6.45) is 5.00. The van der Waals surface area contributed by atoms with E-state index in [0.29, 0.717) is 26.1 Å². The van der Waals surface area contributed by atoms with E-state index in [4.69, 9.17) is 5.53 Å². The minimum Gasteiger partial charge on any atom is -0.342 e. The number of amides is 1. The molecule has 2 heterocycles. The Morgan fingerprint density at radius 3 is 3.09 bits per heavy atom. The van der Waals surface area contributed by atoms with Crippen LogP contribution in [0, 0.1) is 5.92 Å². The van der Waals surface area contributed by atoms with E-state index in [1.807, 2.05) is 35.5 Å². The second-order valence-corrected chi connectivity index (χ2v) is 5.59. The molecule has 2 aromatic rings. The van der Waals surface area contributed by atoms with Gasteiger partial charge in [-0.1, -0.05) is 29.4 Å². The van der Waals surface area contributed by atoms with E-state index >= 15 is 0 Å². The molecule has 1 unspecified atom stereocenters. The molecule has 0 aliphatic carbocycles. The molecular weight excluding hydrogens is 278 g/mol. The van der Waals surface area contributed by atoms with Gasteiger partial charge in [-0.2, -0.15) is 0 Å². The molecule has 0 spiro atoms. The summed E-state index contributed by atoms with van der Waals surface area (Å²) in [5.41, 5.74) is 9.52. The van der Waals surface area contributed by atoms with Crippen LogP contribution >= 0.6 is 0 Å². The van der Waals surface area contributed by atoms with Crippen LogP contribution in [0.3, 0.4) is 0 Å². The number of carbonyl (C=O) groups excluding carboxylic acids is 1. The molecule has 1 atom stereocenters. The van der Waals surface area contributed by atoms with Crippen molar-refractivity contribution >= 4 is 16.7 Å². The Labute approximate surface area is 128 Å². The molecule has 1 saturated heterocycles. The lowest BCUT2D eigenvalue weighted by atomic mass is 10.1. The maximum atomic E-state index is 12.0. The third-order valence-corrected chi connectivity index (χ3v) is 4.10. The number of benzene rings is 1. The van der Waals surface area contributed by atoms with Crippen LogP contribution in [0.5, 0.6) is 0 Å².